The molecule has 6 atom stereocenters. The third kappa shape index (κ3) is 4.55. The minimum atomic E-state index is -1.35. The molecule has 6 rings (SSSR count). The molecule has 2 aromatic rings. The number of rotatable bonds is 4. The fraction of sp³-hybridized carbons (Fsp3) is 0.548. The minimum Gasteiger partial charge on any atom is -0.394 e. The van der Waals surface area contributed by atoms with E-state index in [0.29, 0.717) is 29.1 Å². The van der Waals surface area contributed by atoms with Gasteiger partial charge in [0, 0.05) is 22.2 Å². The molecule has 42 heavy (non-hydrogen) atoms. The van der Waals surface area contributed by atoms with Crippen LogP contribution in [0.3, 0.4) is 0 Å². The second-order valence-corrected chi connectivity index (χ2v) is 13.8. The number of aliphatic hydroxyl groups is 2. The summed E-state index contributed by atoms with van der Waals surface area (Å²) < 4.78 is 21.6. The number of hydrogen-bond acceptors (Lipinski definition) is 6. The summed E-state index contributed by atoms with van der Waals surface area (Å²) in [6, 6.07) is 8.36. The topological polar surface area (TPSA) is 120 Å². The number of halogens is 3. The van der Waals surface area contributed by atoms with Crippen molar-refractivity contribution in [2.45, 2.75) is 87.1 Å². The summed E-state index contributed by atoms with van der Waals surface area (Å²) in [6.45, 7) is 4.15. The second-order valence-electron chi connectivity index (χ2n) is 13.0. The third-order valence-corrected chi connectivity index (χ3v) is 10.6. The fourth-order valence-electron chi connectivity index (χ4n) is 7.84. The van der Waals surface area contributed by atoms with Gasteiger partial charge in [-0.3, -0.25) is 14.9 Å². The molecule has 8 nitrogen and oxygen atoms in total. The van der Waals surface area contributed by atoms with E-state index in [2.05, 4.69) is 29.8 Å². The fourth-order valence-corrected chi connectivity index (χ4v) is 8.20. The molecular weight excluding hydrogens is 584 g/mol. The lowest BCUT2D eigenvalue weighted by Gasteiger charge is -2.50. The van der Waals surface area contributed by atoms with Gasteiger partial charge < -0.3 is 25.6 Å². The lowest BCUT2D eigenvalue weighted by atomic mass is 9.53. The lowest BCUT2D eigenvalue weighted by Crippen LogP contribution is -2.61. The molecule has 0 bridgehead atoms. The Morgan fingerprint density at radius 1 is 1.17 bits per heavy atom. The Labute approximate surface area is 254 Å². The van der Waals surface area contributed by atoms with Crippen molar-refractivity contribution in [3.63, 3.8) is 0 Å². The minimum absolute atomic E-state index is 0.0298. The molecule has 3 heterocycles. The van der Waals surface area contributed by atoms with Gasteiger partial charge >= 0.3 is 0 Å². The van der Waals surface area contributed by atoms with E-state index in [9.17, 15) is 19.8 Å². The van der Waals surface area contributed by atoms with Crippen LogP contribution < -0.4 is 16.0 Å². The first-order chi connectivity index (χ1) is 19.9. The molecule has 2 saturated heterocycles. The number of carbonyl (C=O) groups is 2. The summed E-state index contributed by atoms with van der Waals surface area (Å²) in [7, 11) is 0. The van der Waals surface area contributed by atoms with Crippen LogP contribution in [0.5, 0.6) is 0 Å². The summed E-state index contributed by atoms with van der Waals surface area (Å²) in [5.41, 5.74) is -0.798. The molecule has 5 N–H and O–H groups in total. The molecule has 4 aliphatic rings. The smallest absolute Gasteiger partial charge is 0.238 e. The first kappa shape index (κ1) is 29.8. The van der Waals surface area contributed by atoms with E-state index in [0.717, 1.165) is 12.8 Å². The summed E-state index contributed by atoms with van der Waals surface area (Å²) in [4.78, 5) is 28.7. The Balaban J connectivity index is 1.51. The molecule has 2 spiro atoms. The van der Waals surface area contributed by atoms with Gasteiger partial charge in [-0.1, -0.05) is 55.2 Å². The van der Waals surface area contributed by atoms with Gasteiger partial charge in [-0.05, 0) is 66.8 Å². The van der Waals surface area contributed by atoms with E-state index >= 15 is 4.39 Å². The zero-order chi connectivity index (χ0) is 30.0. The van der Waals surface area contributed by atoms with Crippen molar-refractivity contribution < 1.29 is 28.9 Å². The normalized spacial score (nSPS) is 33.0. The van der Waals surface area contributed by atoms with Crippen molar-refractivity contribution in [3.8, 4) is 0 Å². The molecule has 2 aromatic carbocycles. The highest BCUT2D eigenvalue weighted by Gasteiger charge is 2.73. The van der Waals surface area contributed by atoms with Crippen molar-refractivity contribution >= 4 is 40.7 Å². The van der Waals surface area contributed by atoms with Crippen LogP contribution in [-0.2, 0) is 19.7 Å². The van der Waals surface area contributed by atoms with Crippen molar-refractivity contribution in [3.05, 3.63) is 63.4 Å². The van der Waals surface area contributed by atoms with Crippen molar-refractivity contribution in [1.29, 1.82) is 0 Å². The first-order valence-electron chi connectivity index (χ1n) is 14.5. The van der Waals surface area contributed by atoms with Gasteiger partial charge in [-0.2, -0.15) is 0 Å². The van der Waals surface area contributed by atoms with E-state index < -0.39 is 52.9 Å². The SMILES string of the molecule is CC1(C)CCC2(CC1)N[C@@H](C(=O)N[C@H]1CO[C@H](CO)[C@@H](O)C1)[C@H](c1cccc(Cl)c1F)[C@]21C(=O)Nc2cc(Cl)ccc21. The predicted octanol–water partition coefficient (Wildman–Crippen LogP) is 4.04. The Kier molecular flexibility index (Phi) is 7.60. The van der Waals surface area contributed by atoms with Gasteiger partial charge in [0.2, 0.25) is 11.8 Å². The molecule has 0 radical (unpaired) electrons. The Hall–Kier alpha value is -2.27. The Bertz CT molecular complexity index is 1410. The molecule has 1 aliphatic carbocycles. The van der Waals surface area contributed by atoms with E-state index in [1.807, 2.05) is 6.07 Å². The zero-order valence-corrected chi connectivity index (χ0v) is 25.1. The maximum Gasteiger partial charge on any atom is 0.238 e. The average molecular weight is 621 g/mol. The number of benzene rings is 2. The van der Waals surface area contributed by atoms with Crippen molar-refractivity contribution in [1.82, 2.24) is 10.6 Å². The molecule has 226 valence electrons. The molecule has 3 aliphatic heterocycles. The standard InChI is InChI=1S/C31H36Cl2FN3O5/c1-29(2)8-10-30(11-9-29)31(19-7-6-16(32)12-21(19)36-28(31)41)24(18-4-3-5-20(33)25(18)34)26(37-30)27(40)35-17-13-22(39)23(14-38)42-15-17/h3-7,12,17,22-24,26,37-39H,8-11,13-15H2,1-2H3,(H,35,40)(H,36,41)/t17-,22+,23-,24+,26-,31-/m1/s1. The highest BCUT2D eigenvalue weighted by Crippen LogP contribution is 2.64. The van der Waals surface area contributed by atoms with Crippen LogP contribution in [0.25, 0.3) is 0 Å². The molecule has 1 saturated carbocycles. The summed E-state index contributed by atoms with van der Waals surface area (Å²) in [5, 5.41) is 29.9. The molecule has 11 heteroatoms. The number of nitrogens with one attached hydrogen (secondary N) is 3. The van der Waals surface area contributed by atoms with E-state index in [4.69, 9.17) is 27.9 Å². The van der Waals surface area contributed by atoms with Crippen LogP contribution in [-0.4, -0.2) is 65.1 Å². The quantitative estimate of drug-likeness (QED) is 0.352. The lowest BCUT2D eigenvalue weighted by molar-refractivity contribution is -0.131. The third-order valence-electron chi connectivity index (χ3n) is 10.0. The molecular formula is C31H36Cl2FN3O5. The maximum absolute atomic E-state index is 16.0. The number of ether oxygens (including phenoxy) is 1. The summed E-state index contributed by atoms with van der Waals surface area (Å²) in [6.07, 6.45) is 1.26. The zero-order valence-electron chi connectivity index (χ0n) is 23.6. The molecule has 2 amide bonds. The highest BCUT2D eigenvalue weighted by molar-refractivity contribution is 6.31. The van der Waals surface area contributed by atoms with Crippen LogP contribution in [0.4, 0.5) is 10.1 Å². The van der Waals surface area contributed by atoms with Crippen molar-refractivity contribution in [2.24, 2.45) is 5.41 Å². The van der Waals surface area contributed by atoms with Crippen LogP contribution in [0.1, 0.15) is 63.0 Å². The van der Waals surface area contributed by atoms with E-state index in [1.165, 1.54) is 6.07 Å². The largest absolute Gasteiger partial charge is 0.394 e. The number of hydrogen-bond donors (Lipinski definition) is 5. The van der Waals surface area contributed by atoms with Gasteiger partial charge in [0.25, 0.3) is 0 Å². The monoisotopic (exact) mass is 619 g/mol. The van der Waals surface area contributed by atoms with Gasteiger partial charge in [0.05, 0.1) is 36.4 Å². The summed E-state index contributed by atoms with van der Waals surface area (Å²) >= 11 is 12.7. The number of fused-ring (bicyclic) bond motifs is 3. The number of anilines is 1. The van der Waals surface area contributed by atoms with Gasteiger partial charge in [0.1, 0.15) is 17.3 Å². The van der Waals surface area contributed by atoms with Crippen LogP contribution in [0.15, 0.2) is 36.4 Å². The van der Waals surface area contributed by atoms with Crippen LogP contribution >= 0.6 is 23.2 Å². The Morgan fingerprint density at radius 2 is 1.90 bits per heavy atom. The van der Waals surface area contributed by atoms with Crippen LogP contribution in [0.2, 0.25) is 10.0 Å². The highest BCUT2D eigenvalue weighted by atomic mass is 35.5. The van der Waals surface area contributed by atoms with Gasteiger partial charge in [-0.25, -0.2) is 4.39 Å². The molecule has 0 aromatic heterocycles. The first-order valence-corrected chi connectivity index (χ1v) is 15.2. The molecule has 0 unspecified atom stereocenters. The molecule has 3 fully saturated rings. The predicted molar refractivity (Wildman–Crippen MR) is 157 cm³/mol. The van der Waals surface area contributed by atoms with Crippen molar-refractivity contribution in [2.75, 3.05) is 18.5 Å². The number of carbonyl (C=O) groups excluding carboxylic acids is 2. The van der Waals surface area contributed by atoms with E-state index in [1.54, 1.807) is 24.3 Å². The Morgan fingerprint density at radius 3 is 2.60 bits per heavy atom. The van der Waals surface area contributed by atoms with Gasteiger partial charge in [-0.15, -0.1) is 0 Å². The number of amides is 2. The second kappa shape index (κ2) is 10.7. The van der Waals surface area contributed by atoms with Gasteiger partial charge in [0.15, 0.2) is 0 Å². The average Bonchev–Trinajstić information content (AvgIpc) is 3.40. The maximum atomic E-state index is 16.0. The summed E-state index contributed by atoms with van der Waals surface area (Å²) in [5.74, 6) is -2.37. The number of aliphatic hydroxyl groups excluding tert-OH is 2. The van der Waals surface area contributed by atoms with Crippen LogP contribution in [0, 0.1) is 11.2 Å². The van der Waals surface area contributed by atoms with E-state index in [-0.39, 0.29) is 41.5 Å².